The van der Waals surface area contributed by atoms with Gasteiger partial charge in [-0.15, -0.1) is 0 Å². The number of rotatable bonds is 11. The summed E-state index contributed by atoms with van der Waals surface area (Å²) in [5.74, 6) is 1.11. The van der Waals surface area contributed by atoms with Crippen LogP contribution in [0.4, 0.5) is 17.1 Å². The van der Waals surface area contributed by atoms with Crippen molar-refractivity contribution in [3.63, 3.8) is 0 Å². The van der Waals surface area contributed by atoms with Gasteiger partial charge in [-0.05, 0) is 73.4 Å². The Balaban J connectivity index is 1.29. The van der Waals surface area contributed by atoms with Crippen LogP contribution in [-0.4, -0.2) is 0 Å². The van der Waals surface area contributed by atoms with Gasteiger partial charge in [-0.2, -0.15) is 0 Å². The van der Waals surface area contributed by atoms with Gasteiger partial charge in [0.05, 0.1) is 6.26 Å². The Labute approximate surface area is 186 Å². The van der Waals surface area contributed by atoms with Crippen molar-refractivity contribution in [3.8, 4) is 0 Å². The molecule has 0 amide bonds. The predicted octanol–water partition coefficient (Wildman–Crippen LogP) is 8.49. The van der Waals surface area contributed by atoms with E-state index >= 15 is 0 Å². The number of nitrogens with zero attached hydrogens (tertiary/aromatic N) is 1. The van der Waals surface area contributed by atoms with Crippen molar-refractivity contribution in [1.29, 1.82) is 0 Å². The zero-order chi connectivity index (χ0) is 21.1. The van der Waals surface area contributed by atoms with Crippen molar-refractivity contribution in [2.75, 3.05) is 4.90 Å². The fourth-order valence-electron chi connectivity index (χ4n) is 4.03. The fraction of sp³-hybridized carbons (Fsp3) is 0.241. The first kappa shape index (κ1) is 21.0. The van der Waals surface area contributed by atoms with Gasteiger partial charge in [0.15, 0.2) is 0 Å². The zero-order valence-corrected chi connectivity index (χ0v) is 18.1. The maximum atomic E-state index is 5.40. The molecule has 0 saturated heterocycles. The molecule has 0 atom stereocenters. The molecule has 31 heavy (non-hydrogen) atoms. The standard InChI is InChI=1S/C29H31NO/c1(3-11-18-29-19-12-24-31-29)2-6-13-25-20-22-28(23-21-25)30(26-14-7-4-8-15-26)27-16-9-5-10-17-27/h4-5,7-10,12,14-17,19-24H,1-3,6,11,13,18H2. The van der Waals surface area contributed by atoms with Crippen molar-refractivity contribution < 1.29 is 4.42 Å². The molecule has 0 bridgehead atoms. The Kier molecular flexibility index (Phi) is 7.60. The van der Waals surface area contributed by atoms with Gasteiger partial charge in [0.1, 0.15) is 5.76 Å². The lowest BCUT2D eigenvalue weighted by Crippen LogP contribution is -2.09. The van der Waals surface area contributed by atoms with Crippen LogP contribution in [-0.2, 0) is 12.8 Å². The minimum Gasteiger partial charge on any atom is -0.469 e. The highest BCUT2D eigenvalue weighted by Gasteiger charge is 2.11. The highest BCUT2D eigenvalue weighted by molar-refractivity contribution is 5.76. The first-order chi connectivity index (χ1) is 15.4. The lowest BCUT2D eigenvalue weighted by Gasteiger charge is -2.25. The molecule has 1 aromatic heterocycles. The normalized spacial score (nSPS) is 10.8. The van der Waals surface area contributed by atoms with E-state index in [1.54, 1.807) is 6.26 Å². The van der Waals surface area contributed by atoms with Crippen LogP contribution in [0, 0.1) is 0 Å². The van der Waals surface area contributed by atoms with Gasteiger partial charge in [-0.3, -0.25) is 0 Å². The summed E-state index contributed by atoms with van der Waals surface area (Å²) in [6.07, 6.45) is 10.3. The van der Waals surface area contributed by atoms with Gasteiger partial charge >= 0.3 is 0 Å². The van der Waals surface area contributed by atoms with Crippen LogP contribution in [0.15, 0.2) is 108 Å². The van der Waals surface area contributed by atoms with Crippen LogP contribution in [0.25, 0.3) is 0 Å². The van der Waals surface area contributed by atoms with Crippen molar-refractivity contribution >= 4 is 17.1 Å². The molecular formula is C29H31NO. The average Bonchev–Trinajstić information content (AvgIpc) is 3.35. The minimum absolute atomic E-state index is 1.06. The fourth-order valence-corrected chi connectivity index (χ4v) is 4.03. The lowest BCUT2D eigenvalue weighted by molar-refractivity contribution is 0.492. The Bertz CT molecular complexity index is 952. The summed E-state index contributed by atoms with van der Waals surface area (Å²) in [6, 6.07) is 34.2. The van der Waals surface area contributed by atoms with Crippen LogP contribution in [0.3, 0.4) is 0 Å². The predicted molar refractivity (Wildman–Crippen MR) is 130 cm³/mol. The van der Waals surface area contributed by atoms with E-state index in [1.807, 2.05) is 6.07 Å². The molecule has 4 aromatic rings. The maximum Gasteiger partial charge on any atom is 0.103 e. The molecule has 0 unspecified atom stereocenters. The number of hydrogen-bond acceptors (Lipinski definition) is 2. The van der Waals surface area contributed by atoms with Crippen LogP contribution in [0.2, 0.25) is 0 Å². The molecule has 1 heterocycles. The van der Waals surface area contributed by atoms with Gasteiger partial charge in [-0.25, -0.2) is 0 Å². The molecular weight excluding hydrogens is 378 g/mol. The van der Waals surface area contributed by atoms with Gasteiger partial charge in [0, 0.05) is 23.5 Å². The van der Waals surface area contributed by atoms with Crippen LogP contribution < -0.4 is 4.90 Å². The molecule has 0 N–H and O–H groups in total. The van der Waals surface area contributed by atoms with Crippen molar-refractivity contribution in [3.05, 3.63) is 115 Å². The molecule has 4 rings (SSSR count). The number of furan rings is 1. The number of aryl methyl sites for hydroxylation is 2. The quantitative estimate of drug-likeness (QED) is 0.231. The minimum atomic E-state index is 1.06. The second-order valence-corrected chi connectivity index (χ2v) is 8.02. The smallest absolute Gasteiger partial charge is 0.103 e. The Morgan fingerprint density at radius 2 is 1.03 bits per heavy atom. The Morgan fingerprint density at radius 3 is 1.61 bits per heavy atom. The van der Waals surface area contributed by atoms with Crippen molar-refractivity contribution in [2.45, 2.75) is 44.9 Å². The van der Waals surface area contributed by atoms with Gasteiger partial charge in [0.25, 0.3) is 0 Å². The molecule has 2 nitrogen and oxygen atoms in total. The summed E-state index contributed by atoms with van der Waals surface area (Å²) in [6.45, 7) is 0. The molecule has 158 valence electrons. The number of benzene rings is 3. The summed E-state index contributed by atoms with van der Waals surface area (Å²) in [5.41, 5.74) is 4.96. The van der Waals surface area contributed by atoms with Crippen LogP contribution >= 0.6 is 0 Å². The number of anilines is 3. The second kappa shape index (κ2) is 11.2. The summed E-state index contributed by atoms with van der Waals surface area (Å²) in [4.78, 5) is 2.31. The first-order valence-corrected chi connectivity index (χ1v) is 11.4. The highest BCUT2D eigenvalue weighted by atomic mass is 16.3. The summed E-state index contributed by atoms with van der Waals surface area (Å²) >= 11 is 0. The zero-order valence-electron chi connectivity index (χ0n) is 18.1. The van der Waals surface area contributed by atoms with E-state index in [0.29, 0.717) is 0 Å². The largest absolute Gasteiger partial charge is 0.469 e. The van der Waals surface area contributed by atoms with E-state index in [9.17, 15) is 0 Å². The summed E-state index contributed by atoms with van der Waals surface area (Å²) in [7, 11) is 0. The van der Waals surface area contributed by atoms with E-state index in [4.69, 9.17) is 4.42 Å². The molecule has 0 aliphatic rings. The molecule has 0 aliphatic carbocycles. The molecule has 0 saturated carbocycles. The Hall–Kier alpha value is -3.26. The van der Waals surface area contributed by atoms with Crippen LogP contribution in [0.1, 0.15) is 43.4 Å². The summed E-state index contributed by atoms with van der Waals surface area (Å²) in [5, 5.41) is 0. The molecule has 0 aliphatic heterocycles. The third-order valence-corrected chi connectivity index (χ3v) is 5.69. The second-order valence-electron chi connectivity index (χ2n) is 8.02. The third kappa shape index (κ3) is 6.11. The van der Waals surface area contributed by atoms with E-state index < -0.39 is 0 Å². The van der Waals surface area contributed by atoms with E-state index in [0.717, 1.165) is 18.6 Å². The van der Waals surface area contributed by atoms with Crippen molar-refractivity contribution in [2.24, 2.45) is 0 Å². The molecule has 0 radical (unpaired) electrons. The molecule has 0 spiro atoms. The molecule has 2 heteroatoms. The monoisotopic (exact) mass is 409 g/mol. The number of unbranched alkanes of at least 4 members (excludes halogenated alkanes) is 4. The SMILES string of the molecule is c1ccc(N(c2ccccc2)c2ccc(CCCCCCCc3ccco3)cc2)cc1. The van der Waals surface area contributed by atoms with Crippen LogP contribution in [0.5, 0.6) is 0 Å². The van der Waals surface area contributed by atoms with E-state index in [2.05, 4.69) is 95.9 Å². The molecule has 0 fully saturated rings. The topological polar surface area (TPSA) is 16.4 Å². The van der Waals surface area contributed by atoms with Gasteiger partial charge < -0.3 is 9.32 Å². The average molecular weight is 410 g/mol. The maximum absolute atomic E-state index is 5.40. The lowest BCUT2D eigenvalue weighted by atomic mass is 10.0. The third-order valence-electron chi connectivity index (χ3n) is 5.69. The first-order valence-electron chi connectivity index (χ1n) is 11.4. The Morgan fingerprint density at radius 1 is 0.484 bits per heavy atom. The van der Waals surface area contributed by atoms with Gasteiger partial charge in [0.2, 0.25) is 0 Å². The van der Waals surface area contributed by atoms with E-state index in [1.165, 1.54) is 54.7 Å². The highest BCUT2D eigenvalue weighted by Crippen LogP contribution is 2.34. The van der Waals surface area contributed by atoms with Gasteiger partial charge in [-0.1, -0.05) is 67.8 Å². The molecule has 3 aromatic carbocycles. The number of para-hydroxylation sites is 2. The summed E-state index contributed by atoms with van der Waals surface area (Å²) < 4.78 is 5.40. The van der Waals surface area contributed by atoms with E-state index in [-0.39, 0.29) is 0 Å². The van der Waals surface area contributed by atoms with Crippen molar-refractivity contribution in [1.82, 2.24) is 0 Å². The number of hydrogen-bond donors (Lipinski definition) is 0.